The van der Waals surface area contributed by atoms with Crippen LogP contribution in [0.25, 0.3) is 11.3 Å². The van der Waals surface area contributed by atoms with Gasteiger partial charge in [0.25, 0.3) is 5.56 Å². The molecule has 1 unspecified atom stereocenters. The number of ether oxygens (including phenoxy) is 2. The number of carboxylic acids is 1. The molecule has 3 N–H and O–H groups in total. The van der Waals surface area contributed by atoms with Gasteiger partial charge in [-0.15, -0.1) is 0 Å². The lowest BCUT2D eigenvalue weighted by Crippen LogP contribution is -2.21. The molecule has 0 saturated carbocycles. The van der Waals surface area contributed by atoms with Crippen LogP contribution >= 0.6 is 0 Å². The number of methoxy groups -OCH3 is 2. The molecule has 0 bridgehead atoms. The van der Waals surface area contributed by atoms with Crippen LogP contribution in [0.4, 0.5) is 0 Å². The van der Waals surface area contributed by atoms with Gasteiger partial charge < -0.3 is 29.1 Å². The largest absolute Gasteiger partial charge is 0.506 e. The van der Waals surface area contributed by atoms with Crippen LogP contribution in [0.15, 0.2) is 51.8 Å². The second kappa shape index (κ2) is 9.21. The molecule has 1 aromatic carbocycles. The number of carbonyl (C=O) groups is 3. The zero-order valence-electron chi connectivity index (χ0n) is 17.1. The van der Waals surface area contributed by atoms with Gasteiger partial charge in [0.15, 0.2) is 0 Å². The third-order valence-electron chi connectivity index (χ3n) is 4.84. The summed E-state index contributed by atoms with van der Waals surface area (Å²) in [7, 11) is 2.29. The first-order valence-corrected chi connectivity index (χ1v) is 9.30. The molecule has 2 aromatic heterocycles. The number of aromatic amines is 1. The molecule has 0 aliphatic rings. The molecule has 10 nitrogen and oxygen atoms in total. The average molecular weight is 441 g/mol. The molecule has 0 spiro atoms. The molecule has 3 aromatic rings. The van der Waals surface area contributed by atoms with Crippen molar-refractivity contribution in [2.24, 2.45) is 0 Å². The number of hydrogen-bond acceptors (Lipinski definition) is 8. The second-order valence-corrected chi connectivity index (χ2v) is 6.70. The Morgan fingerprint density at radius 3 is 2.34 bits per heavy atom. The predicted molar refractivity (Wildman–Crippen MR) is 110 cm³/mol. The van der Waals surface area contributed by atoms with E-state index in [-0.39, 0.29) is 28.9 Å². The van der Waals surface area contributed by atoms with Crippen molar-refractivity contribution in [2.45, 2.75) is 12.3 Å². The Morgan fingerprint density at radius 1 is 1.06 bits per heavy atom. The van der Waals surface area contributed by atoms with Gasteiger partial charge in [-0.3, -0.25) is 9.59 Å². The SMILES string of the molecule is COC(=O)CC(c1ccc(-c2ccc(C(=O)O)cc2)o1)c1c(O)c(C(=O)OC)c[nH]c1=O. The number of carbonyl (C=O) groups excluding carboxylic acids is 2. The minimum absolute atomic E-state index is 0.0974. The molecule has 166 valence electrons. The van der Waals surface area contributed by atoms with E-state index < -0.39 is 35.1 Å². The molecule has 0 aliphatic heterocycles. The van der Waals surface area contributed by atoms with E-state index in [0.717, 1.165) is 13.3 Å². The Kier molecular flexibility index (Phi) is 6.43. The first kappa shape index (κ1) is 22.3. The summed E-state index contributed by atoms with van der Waals surface area (Å²) in [6.07, 6.45) is 0.655. The maximum atomic E-state index is 12.5. The van der Waals surface area contributed by atoms with Gasteiger partial charge >= 0.3 is 17.9 Å². The molecule has 1 atom stereocenters. The van der Waals surface area contributed by atoms with E-state index in [0.29, 0.717) is 11.3 Å². The normalized spacial score (nSPS) is 11.6. The van der Waals surface area contributed by atoms with E-state index in [9.17, 15) is 24.3 Å². The predicted octanol–water partition coefficient (Wildman–Crippen LogP) is 2.52. The fourth-order valence-corrected chi connectivity index (χ4v) is 3.19. The number of aromatic nitrogens is 1. The molecule has 32 heavy (non-hydrogen) atoms. The van der Waals surface area contributed by atoms with Gasteiger partial charge in [0, 0.05) is 11.8 Å². The van der Waals surface area contributed by atoms with Crippen LogP contribution in [0.5, 0.6) is 5.75 Å². The number of pyridine rings is 1. The number of carboxylic acid groups (broad SMARTS) is 1. The van der Waals surface area contributed by atoms with E-state index in [1.165, 1.54) is 25.3 Å². The summed E-state index contributed by atoms with van der Waals surface area (Å²) >= 11 is 0. The van der Waals surface area contributed by atoms with Crippen molar-refractivity contribution in [3.63, 3.8) is 0 Å². The lowest BCUT2D eigenvalue weighted by atomic mass is 9.92. The zero-order chi connectivity index (χ0) is 23.4. The van der Waals surface area contributed by atoms with Gasteiger partial charge in [0.2, 0.25) is 0 Å². The van der Waals surface area contributed by atoms with Crippen LogP contribution < -0.4 is 5.56 Å². The van der Waals surface area contributed by atoms with Crippen molar-refractivity contribution in [3.8, 4) is 17.1 Å². The van der Waals surface area contributed by atoms with E-state index in [1.807, 2.05) is 0 Å². The zero-order valence-corrected chi connectivity index (χ0v) is 17.1. The van der Waals surface area contributed by atoms with Crippen LogP contribution in [0.1, 0.15) is 44.4 Å². The number of esters is 2. The molecule has 2 heterocycles. The van der Waals surface area contributed by atoms with Crippen molar-refractivity contribution in [2.75, 3.05) is 14.2 Å². The quantitative estimate of drug-likeness (QED) is 0.469. The van der Waals surface area contributed by atoms with E-state index in [1.54, 1.807) is 18.2 Å². The molecular formula is C22H19NO9. The van der Waals surface area contributed by atoms with Gasteiger partial charge in [-0.2, -0.15) is 0 Å². The first-order valence-electron chi connectivity index (χ1n) is 9.30. The van der Waals surface area contributed by atoms with E-state index in [4.69, 9.17) is 14.3 Å². The maximum Gasteiger partial charge on any atom is 0.343 e. The van der Waals surface area contributed by atoms with Gasteiger partial charge in [0.1, 0.15) is 22.8 Å². The summed E-state index contributed by atoms with van der Waals surface area (Å²) < 4.78 is 15.2. The lowest BCUT2D eigenvalue weighted by Gasteiger charge is -2.16. The molecular weight excluding hydrogens is 422 g/mol. The van der Waals surface area contributed by atoms with E-state index in [2.05, 4.69) is 9.72 Å². The Bertz CT molecular complexity index is 1220. The third-order valence-corrected chi connectivity index (χ3v) is 4.84. The van der Waals surface area contributed by atoms with Crippen molar-refractivity contribution in [1.29, 1.82) is 0 Å². The Morgan fingerprint density at radius 2 is 1.75 bits per heavy atom. The highest BCUT2D eigenvalue weighted by atomic mass is 16.5. The van der Waals surface area contributed by atoms with Crippen molar-refractivity contribution < 1.29 is 38.5 Å². The number of rotatable bonds is 7. The van der Waals surface area contributed by atoms with Crippen LogP contribution in [-0.2, 0) is 14.3 Å². The van der Waals surface area contributed by atoms with E-state index >= 15 is 0 Å². The van der Waals surface area contributed by atoms with Gasteiger partial charge in [0.05, 0.1) is 37.7 Å². The Balaban J connectivity index is 2.09. The number of hydrogen-bond donors (Lipinski definition) is 3. The molecule has 10 heteroatoms. The van der Waals surface area contributed by atoms with Crippen LogP contribution in [0.3, 0.4) is 0 Å². The molecule has 0 aliphatic carbocycles. The van der Waals surface area contributed by atoms with Gasteiger partial charge in [-0.25, -0.2) is 9.59 Å². The van der Waals surface area contributed by atoms with Crippen molar-refractivity contribution in [3.05, 3.63) is 75.4 Å². The second-order valence-electron chi connectivity index (χ2n) is 6.70. The summed E-state index contributed by atoms with van der Waals surface area (Å²) in [4.78, 5) is 49.9. The fourth-order valence-electron chi connectivity index (χ4n) is 3.19. The molecule has 0 fully saturated rings. The number of nitrogens with one attached hydrogen (secondary N) is 1. The Hall–Kier alpha value is -4.34. The fraction of sp³-hybridized carbons (Fsp3) is 0.182. The highest BCUT2D eigenvalue weighted by Gasteiger charge is 2.30. The summed E-state index contributed by atoms with van der Waals surface area (Å²) in [6, 6.07) is 8.99. The molecule has 0 radical (unpaired) electrons. The average Bonchev–Trinajstić information content (AvgIpc) is 3.28. The molecule has 3 rings (SSSR count). The monoisotopic (exact) mass is 441 g/mol. The topological polar surface area (TPSA) is 156 Å². The Labute approximate surface area is 181 Å². The smallest absolute Gasteiger partial charge is 0.343 e. The first-order chi connectivity index (χ1) is 15.3. The van der Waals surface area contributed by atoms with Gasteiger partial charge in [-0.05, 0) is 24.3 Å². The van der Waals surface area contributed by atoms with Gasteiger partial charge in [-0.1, -0.05) is 12.1 Å². The minimum Gasteiger partial charge on any atom is -0.506 e. The highest BCUT2D eigenvalue weighted by molar-refractivity contribution is 5.92. The number of aromatic carboxylic acids is 1. The third kappa shape index (κ3) is 4.38. The van der Waals surface area contributed by atoms with Crippen molar-refractivity contribution in [1.82, 2.24) is 4.98 Å². The van der Waals surface area contributed by atoms with Crippen LogP contribution in [0.2, 0.25) is 0 Å². The minimum atomic E-state index is -1.08. The summed E-state index contributed by atoms with van der Waals surface area (Å²) in [5, 5.41) is 19.7. The number of benzene rings is 1. The number of furan rings is 1. The van der Waals surface area contributed by atoms with Crippen molar-refractivity contribution >= 4 is 17.9 Å². The molecule has 0 amide bonds. The maximum absolute atomic E-state index is 12.5. The highest BCUT2D eigenvalue weighted by Crippen LogP contribution is 2.36. The summed E-state index contributed by atoms with van der Waals surface area (Å²) in [5.74, 6) is -3.87. The summed E-state index contributed by atoms with van der Waals surface area (Å²) in [6.45, 7) is 0. The molecule has 0 saturated heterocycles. The lowest BCUT2D eigenvalue weighted by molar-refractivity contribution is -0.140. The standard InChI is InChI=1S/C22H19NO9/c1-30-17(24)9-13(18-19(25)14(22(29)31-2)10-23-20(18)26)16-8-7-15(32-16)11-3-5-12(6-4-11)21(27)28/h3-8,10,13H,9H2,1-2H3,(H,27,28)(H2,23,25,26). The van der Waals surface area contributed by atoms with Crippen LogP contribution in [-0.4, -0.2) is 47.3 Å². The van der Waals surface area contributed by atoms with Crippen LogP contribution in [0, 0.1) is 0 Å². The number of aromatic hydroxyl groups is 1. The number of H-pyrrole nitrogens is 1. The summed E-state index contributed by atoms with van der Waals surface area (Å²) in [5.41, 5.74) is -0.624.